The molecule has 0 spiro atoms. The Balaban J connectivity index is 2.67. The standard InChI is InChI=1S/C13H19ClN4O/c1-5-6-8(2)18-11(9(3)14)17-10-12(18)15-7-16-13(10)19-4/h7-9H,5-6H2,1-4H3. The summed E-state index contributed by atoms with van der Waals surface area (Å²) in [5.41, 5.74) is 1.46. The Labute approximate surface area is 118 Å². The van der Waals surface area contributed by atoms with Gasteiger partial charge in [-0.3, -0.25) is 0 Å². The molecule has 2 unspecified atom stereocenters. The fourth-order valence-corrected chi connectivity index (χ4v) is 2.47. The maximum absolute atomic E-state index is 6.25. The van der Waals surface area contributed by atoms with Crippen molar-refractivity contribution in [2.45, 2.75) is 45.0 Å². The third-order valence-corrected chi connectivity index (χ3v) is 3.36. The minimum atomic E-state index is -0.182. The monoisotopic (exact) mass is 282 g/mol. The van der Waals surface area contributed by atoms with E-state index in [2.05, 4.69) is 33.4 Å². The molecule has 2 heterocycles. The van der Waals surface area contributed by atoms with E-state index in [0.29, 0.717) is 17.4 Å². The number of methoxy groups -OCH3 is 1. The first-order chi connectivity index (χ1) is 9.10. The van der Waals surface area contributed by atoms with E-state index in [1.165, 1.54) is 6.33 Å². The fraction of sp³-hybridized carbons (Fsp3) is 0.615. The van der Waals surface area contributed by atoms with Gasteiger partial charge in [-0.25, -0.2) is 9.97 Å². The minimum absolute atomic E-state index is 0.182. The van der Waals surface area contributed by atoms with Crippen molar-refractivity contribution in [3.8, 4) is 5.88 Å². The van der Waals surface area contributed by atoms with Crippen molar-refractivity contribution in [2.24, 2.45) is 0 Å². The van der Waals surface area contributed by atoms with Gasteiger partial charge in [0.1, 0.15) is 12.2 Å². The number of ether oxygens (including phenoxy) is 1. The summed E-state index contributed by atoms with van der Waals surface area (Å²) >= 11 is 6.25. The molecule has 2 rings (SSSR count). The average molecular weight is 283 g/mol. The van der Waals surface area contributed by atoms with Crippen LogP contribution in [-0.4, -0.2) is 26.6 Å². The number of fused-ring (bicyclic) bond motifs is 1. The number of imidazole rings is 1. The quantitative estimate of drug-likeness (QED) is 0.788. The molecule has 19 heavy (non-hydrogen) atoms. The third-order valence-electron chi connectivity index (χ3n) is 3.17. The van der Waals surface area contributed by atoms with Gasteiger partial charge in [-0.2, -0.15) is 4.98 Å². The molecule has 104 valence electrons. The lowest BCUT2D eigenvalue weighted by Crippen LogP contribution is -2.10. The predicted octanol–water partition coefficient (Wildman–Crippen LogP) is 3.50. The van der Waals surface area contributed by atoms with Gasteiger partial charge in [-0.05, 0) is 20.3 Å². The Morgan fingerprint density at radius 2 is 2.11 bits per heavy atom. The largest absolute Gasteiger partial charge is 0.479 e. The van der Waals surface area contributed by atoms with Crippen LogP contribution in [0.1, 0.15) is 50.9 Å². The summed E-state index contributed by atoms with van der Waals surface area (Å²) in [6.07, 6.45) is 3.65. The summed E-state index contributed by atoms with van der Waals surface area (Å²) < 4.78 is 7.34. The topological polar surface area (TPSA) is 52.8 Å². The maximum atomic E-state index is 6.25. The van der Waals surface area contributed by atoms with Crippen molar-refractivity contribution in [1.29, 1.82) is 0 Å². The molecular formula is C13H19ClN4O. The highest BCUT2D eigenvalue weighted by Gasteiger charge is 2.22. The van der Waals surface area contributed by atoms with E-state index in [4.69, 9.17) is 16.3 Å². The molecule has 0 aliphatic rings. The maximum Gasteiger partial charge on any atom is 0.245 e. The number of hydrogen-bond donors (Lipinski definition) is 0. The van der Waals surface area contributed by atoms with Crippen LogP contribution in [-0.2, 0) is 0 Å². The second-order valence-corrected chi connectivity index (χ2v) is 5.30. The van der Waals surface area contributed by atoms with Gasteiger partial charge in [-0.1, -0.05) is 13.3 Å². The molecule has 0 aliphatic carbocycles. The molecule has 2 aromatic rings. The van der Waals surface area contributed by atoms with Crippen LogP contribution < -0.4 is 4.74 Å². The van der Waals surface area contributed by atoms with Gasteiger partial charge >= 0.3 is 0 Å². The van der Waals surface area contributed by atoms with Crippen LogP contribution in [0.3, 0.4) is 0 Å². The fourth-order valence-electron chi connectivity index (χ4n) is 2.32. The summed E-state index contributed by atoms with van der Waals surface area (Å²) in [6.45, 7) is 6.23. The zero-order valence-corrected chi connectivity index (χ0v) is 12.5. The lowest BCUT2D eigenvalue weighted by molar-refractivity contribution is 0.401. The Morgan fingerprint density at radius 1 is 1.37 bits per heavy atom. The second kappa shape index (κ2) is 5.74. The van der Waals surface area contributed by atoms with Crippen molar-refractivity contribution in [1.82, 2.24) is 19.5 Å². The smallest absolute Gasteiger partial charge is 0.245 e. The molecule has 0 saturated carbocycles. The van der Waals surface area contributed by atoms with Crippen molar-refractivity contribution in [3.05, 3.63) is 12.2 Å². The highest BCUT2D eigenvalue weighted by Crippen LogP contribution is 2.31. The van der Waals surface area contributed by atoms with Crippen LogP contribution in [0.5, 0.6) is 5.88 Å². The molecule has 6 heteroatoms. The van der Waals surface area contributed by atoms with Gasteiger partial charge in [0, 0.05) is 6.04 Å². The highest BCUT2D eigenvalue weighted by atomic mass is 35.5. The van der Waals surface area contributed by atoms with E-state index < -0.39 is 0 Å². The van der Waals surface area contributed by atoms with E-state index in [1.54, 1.807) is 7.11 Å². The SMILES string of the molecule is CCCC(C)n1c(C(C)Cl)nc2c(OC)ncnc21. The third kappa shape index (κ3) is 2.52. The zero-order valence-electron chi connectivity index (χ0n) is 11.7. The minimum Gasteiger partial charge on any atom is -0.479 e. The Bertz CT molecular complexity index is 567. The molecular weight excluding hydrogens is 264 g/mol. The average Bonchev–Trinajstić information content (AvgIpc) is 2.78. The lowest BCUT2D eigenvalue weighted by atomic mass is 10.2. The summed E-state index contributed by atoms with van der Waals surface area (Å²) in [5, 5.41) is -0.182. The van der Waals surface area contributed by atoms with E-state index in [1.807, 2.05) is 6.92 Å². The van der Waals surface area contributed by atoms with Crippen LogP contribution in [0, 0.1) is 0 Å². The highest BCUT2D eigenvalue weighted by molar-refractivity contribution is 6.20. The Hall–Kier alpha value is -1.36. The number of hydrogen-bond acceptors (Lipinski definition) is 4. The second-order valence-electron chi connectivity index (χ2n) is 4.65. The van der Waals surface area contributed by atoms with Crippen LogP contribution in [0.25, 0.3) is 11.2 Å². The van der Waals surface area contributed by atoms with Gasteiger partial charge in [0.15, 0.2) is 11.2 Å². The van der Waals surface area contributed by atoms with Gasteiger partial charge in [0.2, 0.25) is 5.88 Å². The first kappa shape index (κ1) is 14.1. The van der Waals surface area contributed by atoms with Gasteiger partial charge in [0.25, 0.3) is 0 Å². The molecule has 2 aromatic heterocycles. The molecule has 0 fully saturated rings. The lowest BCUT2D eigenvalue weighted by Gasteiger charge is -2.17. The molecule has 0 N–H and O–H groups in total. The first-order valence-electron chi connectivity index (χ1n) is 6.51. The Kier molecular flexibility index (Phi) is 4.24. The molecule has 2 atom stereocenters. The molecule has 0 saturated heterocycles. The summed E-state index contributed by atoms with van der Waals surface area (Å²) in [4.78, 5) is 13.0. The van der Waals surface area contributed by atoms with Gasteiger partial charge in [-0.15, -0.1) is 11.6 Å². The molecule has 5 nitrogen and oxygen atoms in total. The number of alkyl halides is 1. The van der Waals surface area contributed by atoms with Crippen LogP contribution >= 0.6 is 11.6 Å². The first-order valence-corrected chi connectivity index (χ1v) is 6.94. The normalized spacial score (nSPS) is 14.6. The summed E-state index contributed by atoms with van der Waals surface area (Å²) in [5.74, 6) is 1.31. The van der Waals surface area contributed by atoms with E-state index in [-0.39, 0.29) is 5.38 Å². The predicted molar refractivity (Wildman–Crippen MR) is 75.8 cm³/mol. The molecule has 0 aliphatic heterocycles. The summed E-state index contributed by atoms with van der Waals surface area (Å²) in [7, 11) is 1.58. The van der Waals surface area contributed by atoms with Gasteiger partial charge < -0.3 is 9.30 Å². The molecule has 0 amide bonds. The van der Waals surface area contributed by atoms with Crippen molar-refractivity contribution in [2.75, 3.05) is 7.11 Å². The van der Waals surface area contributed by atoms with Crippen molar-refractivity contribution >= 4 is 22.8 Å². The molecule has 0 aromatic carbocycles. The van der Waals surface area contributed by atoms with Crippen LogP contribution in [0.2, 0.25) is 0 Å². The zero-order chi connectivity index (χ0) is 14.0. The van der Waals surface area contributed by atoms with E-state index in [9.17, 15) is 0 Å². The summed E-state index contributed by atoms with van der Waals surface area (Å²) in [6, 6.07) is 0.297. The Morgan fingerprint density at radius 3 is 2.68 bits per heavy atom. The molecule has 0 radical (unpaired) electrons. The number of halogens is 1. The molecule has 0 bridgehead atoms. The number of nitrogens with zero attached hydrogens (tertiary/aromatic N) is 4. The number of aromatic nitrogens is 4. The van der Waals surface area contributed by atoms with E-state index in [0.717, 1.165) is 24.3 Å². The number of rotatable bonds is 5. The van der Waals surface area contributed by atoms with Crippen molar-refractivity contribution in [3.63, 3.8) is 0 Å². The van der Waals surface area contributed by atoms with E-state index >= 15 is 0 Å². The van der Waals surface area contributed by atoms with Crippen LogP contribution in [0.15, 0.2) is 6.33 Å². The van der Waals surface area contributed by atoms with Gasteiger partial charge in [0.05, 0.1) is 12.5 Å². The van der Waals surface area contributed by atoms with Crippen molar-refractivity contribution < 1.29 is 4.74 Å². The van der Waals surface area contributed by atoms with Crippen LogP contribution in [0.4, 0.5) is 0 Å².